The molecule has 5 rings (SSSR count). The van der Waals surface area contributed by atoms with Gasteiger partial charge in [0.1, 0.15) is 23.5 Å². The average Bonchev–Trinajstić information content (AvgIpc) is 3.40. The monoisotopic (exact) mass is 492 g/mol. The molecule has 34 heavy (non-hydrogen) atoms. The van der Waals surface area contributed by atoms with E-state index >= 15 is 0 Å². The van der Waals surface area contributed by atoms with Crippen LogP contribution in [0, 0.1) is 17.2 Å². The number of H-pyrrole nitrogens is 1. The van der Waals surface area contributed by atoms with E-state index in [1.807, 2.05) is 18.2 Å². The van der Waals surface area contributed by atoms with E-state index in [-0.39, 0.29) is 23.2 Å². The predicted molar refractivity (Wildman–Crippen MR) is 136 cm³/mol. The lowest BCUT2D eigenvalue weighted by Crippen LogP contribution is -2.39. The number of nitrogens with zero attached hydrogens (tertiary/aromatic N) is 4. The average molecular weight is 493 g/mol. The molecule has 0 spiro atoms. The number of nitrogens with one attached hydrogen (secondary N) is 2. The van der Waals surface area contributed by atoms with Gasteiger partial charge in [-0.25, -0.2) is 9.97 Å². The van der Waals surface area contributed by atoms with Crippen LogP contribution < -0.4 is 10.2 Å². The Bertz CT molecular complexity index is 1460. The highest BCUT2D eigenvalue weighted by Crippen LogP contribution is 2.41. The molecular formula is C24H24N6O2S2. The van der Waals surface area contributed by atoms with Crippen LogP contribution in [0.3, 0.4) is 0 Å². The number of carbonyl (C=O) groups is 1. The van der Waals surface area contributed by atoms with Crippen molar-refractivity contribution in [1.82, 2.24) is 19.9 Å². The van der Waals surface area contributed by atoms with Crippen LogP contribution >= 0.6 is 22.7 Å². The number of aromatic amines is 1. The van der Waals surface area contributed by atoms with Crippen molar-refractivity contribution in [1.29, 1.82) is 5.26 Å². The summed E-state index contributed by atoms with van der Waals surface area (Å²) in [5.74, 6) is 0.721. The number of rotatable bonds is 7. The number of anilines is 2. The lowest BCUT2D eigenvalue weighted by molar-refractivity contribution is -0.135. The molecule has 0 aliphatic heterocycles. The summed E-state index contributed by atoms with van der Waals surface area (Å²) in [6, 6.07) is 7.90. The molecule has 0 bridgehead atoms. The van der Waals surface area contributed by atoms with Crippen LogP contribution in [0.4, 0.5) is 11.5 Å². The molecule has 3 heterocycles. The fourth-order valence-corrected chi connectivity index (χ4v) is 6.58. The van der Waals surface area contributed by atoms with Crippen LogP contribution in [0.2, 0.25) is 0 Å². The van der Waals surface area contributed by atoms with E-state index in [0.717, 1.165) is 57.6 Å². The first kappa shape index (κ1) is 22.5. The molecule has 2 N–H and O–H groups in total. The van der Waals surface area contributed by atoms with Crippen molar-refractivity contribution in [2.24, 2.45) is 5.92 Å². The van der Waals surface area contributed by atoms with Gasteiger partial charge in [0.15, 0.2) is 0 Å². The number of nitriles is 1. The van der Waals surface area contributed by atoms with Crippen molar-refractivity contribution in [3.05, 3.63) is 44.6 Å². The molecule has 1 aliphatic carbocycles. The Hall–Kier alpha value is -3.29. The van der Waals surface area contributed by atoms with E-state index in [1.54, 1.807) is 22.6 Å². The summed E-state index contributed by atoms with van der Waals surface area (Å²) in [5.41, 5.74) is 2.89. The van der Waals surface area contributed by atoms with E-state index < -0.39 is 0 Å². The van der Waals surface area contributed by atoms with Gasteiger partial charge in [0.05, 0.1) is 21.7 Å². The molecular weight excluding hydrogens is 468 g/mol. The first-order valence-corrected chi connectivity index (χ1v) is 13.0. The standard InChI is InChI=1S/C24H24N6O2S2/c1-2-3-9-30(10-8-25)23(31)14-4-6-16-18(11-14)33-22-20(16)21(26-13-27-22)28-15-5-7-17-19(12-15)34-24(32)29-17/h5,7,12-14H,2-4,6,9-11H2,1H3,(H,29,32)(H,26,27,28). The van der Waals surface area contributed by atoms with Crippen molar-refractivity contribution >= 4 is 60.5 Å². The van der Waals surface area contributed by atoms with Crippen molar-refractivity contribution < 1.29 is 4.79 Å². The molecule has 1 aromatic carbocycles. The van der Waals surface area contributed by atoms with Crippen LogP contribution in [-0.2, 0) is 17.6 Å². The van der Waals surface area contributed by atoms with Crippen molar-refractivity contribution in [3.63, 3.8) is 0 Å². The van der Waals surface area contributed by atoms with E-state index in [1.165, 1.54) is 21.8 Å². The molecule has 10 heteroatoms. The van der Waals surface area contributed by atoms with Gasteiger partial charge in [-0.05, 0) is 49.4 Å². The number of aryl methyl sites for hydroxylation is 1. The van der Waals surface area contributed by atoms with E-state index in [2.05, 4.69) is 33.3 Å². The number of aromatic nitrogens is 3. The summed E-state index contributed by atoms with van der Waals surface area (Å²) < 4.78 is 0.888. The number of carbonyl (C=O) groups excluding carboxylic acids is 1. The van der Waals surface area contributed by atoms with Gasteiger partial charge in [-0.2, -0.15) is 5.26 Å². The van der Waals surface area contributed by atoms with E-state index in [0.29, 0.717) is 13.0 Å². The third-order valence-electron chi connectivity index (χ3n) is 6.23. The maximum atomic E-state index is 13.2. The fourth-order valence-electron chi connectivity index (χ4n) is 4.54. The van der Waals surface area contributed by atoms with Crippen LogP contribution in [0.1, 0.15) is 36.6 Å². The molecule has 1 atom stereocenters. The summed E-state index contributed by atoms with van der Waals surface area (Å²) in [5, 5.41) is 13.6. The number of amides is 1. The smallest absolute Gasteiger partial charge is 0.305 e. The van der Waals surface area contributed by atoms with Crippen molar-refractivity contribution in [2.75, 3.05) is 18.4 Å². The molecule has 4 aromatic rings. The van der Waals surface area contributed by atoms with E-state index in [9.17, 15) is 9.59 Å². The molecule has 0 radical (unpaired) electrons. The molecule has 3 aromatic heterocycles. The molecule has 0 saturated heterocycles. The Morgan fingerprint density at radius 3 is 3.06 bits per heavy atom. The zero-order valence-electron chi connectivity index (χ0n) is 18.8. The molecule has 174 valence electrons. The summed E-state index contributed by atoms with van der Waals surface area (Å²) in [6.45, 7) is 2.87. The second-order valence-corrected chi connectivity index (χ2v) is 10.6. The fraction of sp³-hybridized carbons (Fsp3) is 0.375. The minimum absolute atomic E-state index is 0.0735. The number of unbranched alkanes of at least 4 members (excludes halogenated alkanes) is 1. The quantitative estimate of drug-likeness (QED) is 0.365. The maximum absolute atomic E-state index is 13.2. The van der Waals surface area contributed by atoms with Gasteiger partial charge in [0.25, 0.3) is 0 Å². The summed E-state index contributed by atoms with van der Waals surface area (Å²) in [7, 11) is 0. The lowest BCUT2D eigenvalue weighted by Gasteiger charge is -2.28. The molecule has 1 unspecified atom stereocenters. The van der Waals surface area contributed by atoms with Gasteiger partial charge < -0.3 is 15.2 Å². The summed E-state index contributed by atoms with van der Waals surface area (Å²) in [6.07, 6.45) is 5.66. The minimum atomic E-state index is -0.103. The van der Waals surface area contributed by atoms with Gasteiger partial charge in [0, 0.05) is 23.0 Å². The van der Waals surface area contributed by atoms with E-state index in [4.69, 9.17) is 5.26 Å². The summed E-state index contributed by atoms with van der Waals surface area (Å²) >= 11 is 2.80. The lowest BCUT2D eigenvalue weighted by atomic mass is 9.86. The van der Waals surface area contributed by atoms with Gasteiger partial charge in [-0.15, -0.1) is 11.3 Å². The molecule has 0 saturated carbocycles. The van der Waals surface area contributed by atoms with Crippen LogP contribution in [0.25, 0.3) is 20.4 Å². The third kappa shape index (κ3) is 4.29. The minimum Gasteiger partial charge on any atom is -0.340 e. The first-order valence-electron chi connectivity index (χ1n) is 11.4. The first-order chi connectivity index (χ1) is 16.6. The third-order valence-corrected chi connectivity index (χ3v) is 8.24. The zero-order valence-corrected chi connectivity index (χ0v) is 20.4. The molecule has 0 fully saturated rings. The molecule has 1 amide bonds. The topological polar surface area (TPSA) is 115 Å². The van der Waals surface area contributed by atoms with Crippen molar-refractivity contribution in [2.45, 2.75) is 39.0 Å². The van der Waals surface area contributed by atoms with Crippen LogP contribution in [-0.4, -0.2) is 38.8 Å². The number of hydrogen-bond donors (Lipinski definition) is 2. The second-order valence-electron chi connectivity index (χ2n) is 8.47. The number of thiazole rings is 1. The molecule has 8 nitrogen and oxygen atoms in total. The zero-order chi connectivity index (χ0) is 23.7. The highest BCUT2D eigenvalue weighted by atomic mass is 32.1. The predicted octanol–water partition coefficient (Wildman–Crippen LogP) is 4.60. The highest BCUT2D eigenvalue weighted by molar-refractivity contribution is 7.19. The van der Waals surface area contributed by atoms with Gasteiger partial charge >= 0.3 is 4.87 Å². The van der Waals surface area contributed by atoms with Crippen LogP contribution in [0.15, 0.2) is 29.3 Å². The molecule has 1 aliphatic rings. The van der Waals surface area contributed by atoms with Gasteiger partial charge in [0.2, 0.25) is 5.91 Å². The Balaban J connectivity index is 1.42. The SMILES string of the molecule is CCCCN(CC#N)C(=O)C1CCc2c(sc3ncnc(Nc4ccc5[nH]c(=O)sc5c4)c23)C1. The number of hydrogen-bond acceptors (Lipinski definition) is 8. The Morgan fingerprint density at radius 1 is 1.35 bits per heavy atom. The van der Waals surface area contributed by atoms with Crippen LogP contribution in [0.5, 0.6) is 0 Å². The van der Waals surface area contributed by atoms with Gasteiger partial charge in [-0.3, -0.25) is 9.59 Å². The maximum Gasteiger partial charge on any atom is 0.305 e. The second kappa shape index (κ2) is 9.52. The number of benzene rings is 1. The normalized spacial score (nSPS) is 15.2. The highest BCUT2D eigenvalue weighted by Gasteiger charge is 2.31. The Labute approximate surface area is 204 Å². The number of thiophene rings is 1. The largest absolute Gasteiger partial charge is 0.340 e. The Kier molecular flexibility index (Phi) is 6.30. The van der Waals surface area contributed by atoms with Crippen molar-refractivity contribution in [3.8, 4) is 6.07 Å². The number of fused-ring (bicyclic) bond motifs is 4. The Morgan fingerprint density at radius 2 is 2.24 bits per heavy atom. The summed E-state index contributed by atoms with van der Waals surface area (Å²) in [4.78, 5) is 40.4. The van der Waals surface area contributed by atoms with Gasteiger partial charge in [-0.1, -0.05) is 24.7 Å².